The van der Waals surface area contributed by atoms with Crippen LogP contribution in [0.15, 0.2) is 0 Å². The third kappa shape index (κ3) is 5.53. The molecule has 3 nitrogen and oxygen atoms in total. The molecule has 1 aliphatic carbocycles. The van der Waals surface area contributed by atoms with E-state index in [1.54, 1.807) is 0 Å². The van der Waals surface area contributed by atoms with E-state index >= 15 is 0 Å². The molecule has 3 heteroatoms. The highest BCUT2D eigenvalue weighted by Gasteiger charge is 2.22. The molecule has 1 atom stereocenters. The Labute approximate surface area is 106 Å². The average Bonchev–Trinajstić information content (AvgIpc) is 2.24. The summed E-state index contributed by atoms with van der Waals surface area (Å²) >= 11 is 0. The molecule has 0 aromatic heterocycles. The molecule has 0 aromatic carbocycles. The molecule has 0 spiro atoms. The minimum atomic E-state index is 0.183. The quantitative estimate of drug-likeness (QED) is 0.821. The Kier molecular flexibility index (Phi) is 6.56. The summed E-state index contributed by atoms with van der Waals surface area (Å²) in [6, 6.07) is 0.183. The Bertz CT molecular complexity index is 220. The fraction of sp³-hybridized carbons (Fsp3) is 0.929. The lowest BCUT2D eigenvalue weighted by molar-refractivity contribution is -0.134. The van der Waals surface area contributed by atoms with Crippen molar-refractivity contribution in [1.82, 2.24) is 4.90 Å². The molecule has 0 heterocycles. The number of hydrogen-bond donors (Lipinski definition) is 1. The Balaban J connectivity index is 2.37. The predicted octanol–water partition coefficient (Wildman–Crippen LogP) is 2.54. The Hall–Kier alpha value is -0.570. The normalized spacial score (nSPS) is 20.4. The van der Waals surface area contributed by atoms with E-state index in [1.807, 2.05) is 18.9 Å². The van der Waals surface area contributed by atoms with Crippen molar-refractivity contribution < 1.29 is 4.79 Å². The van der Waals surface area contributed by atoms with Gasteiger partial charge in [0.05, 0.1) is 0 Å². The van der Waals surface area contributed by atoms with Gasteiger partial charge in [0.1, 0.15) is 0 Å². The van der Waals surface area contributed by atoms with E-state index in [2.05, 4.69) is 0 Å². The van der Waals surface area contributed by atoms with Crippen molar-refractivity contribution in [3.63, 3.8) is 0 Å². The molecule has 1 rings (SSSR count). The second kappa shape index (κ2) is 7.70. The zero-order valence-corrected chi connectivity index (χ0v) is 11.5. The first-order valence-corrected chi connectivity index (χ1v) is 7.12. The van der Waals surface area contributed by atoms with Gasteiger partial charge >= 0.3 is 0 Å². The van der Waals surface area contributed by atoms with Crippen LogP contribution in [0.3, 0.4) is 0 Å². The van der Waals surface area contributed by atoms with Gasteiger partial charge < -0.3 is 10.6 Å². The van der Waals surface area contributed by atoms with Crippen molar-refractivity contribution in [2.24, 2.45) is 11.7 Å². The summed E-state index contributed by atoms with van der Waals surface area (Å²) in [7, 11) is 1.92. The lowest BCUT2D eigenvalue weighted by Crippen LogP contribution is -2.36. The van der Waals surface area contributed by atoms with E-state index in [9.17, 15) is 4.79 Å². The van der Waals surface area contributed by atoms with Gasteiger partial charge in [-0.25, -0.2) is 0 Å². The van der Waals surface area contributed by atoms with Gasteiger partial charge in [-0.15, -0.1) is 0 Å². The molecule has 1 aliphatic rings. The first kappa shape index (κ1) is 14.5. The molecule has 0 radical (unpaired) electrons. The van der Waals surface area contributed by atoms with Crippen molar-refractivity contribution >= 4 is 5.91 Å². The number of rotatable bonds is 4. The van der Waals surface area contributed by atoms with Crippen LogP contribution in [0.25, 0.3) is 0 Å². The molecule has 17 heavy (non-hydrogen) atoms. The molecule has 2 N–H and O–H groups in total. The van der Waals surface area contributed by atoms with E-state index in [4.69, 9.17) is 5.73 Å². The molecule has 0 saturated heterocycles. The third-order valence-corrected chi connectivity index (χ3v) is 3.75. The van der Waals surface area contributed by atoms with Crippen molar-refractivity contribution in [3.05, 3.63) is 0 Å². The molecule has 100 valence electrons. The van der Waals surface area contributed by atoms with Gasteiger partial charge in [0.2, 0.25) is 5.91 Å². The Morgan fingerprint density at radius 3 is 2.29 bits per heavy atom. The summed E-state index contributed by atoms with van der Waals surface area (Å²) in [6.07, 6.45) is 9.45. The van der Waals surface area contributed by atoms with Crippen molar-refractivity contribution in [1.29, 1.82) is 0 Å². The average molecular weight is 240 g/mol. The number of carbonyl (C=O) groups excluding carboxylic acids is 1. The maximum absolute atomic E-state index is 12.3. The zero-order valence-electron chi connectivity index (χ0n) is 11.5. The zero-order chi connectivity index (χ0) is 12.7. The minimum Gasteiger partial charge on any atom is -0.345 e. The van der Waals surface area contributed by atoms with Crippen molar-refractivity contribution in [3.8, 4) is 0 Å². The van der Waals surface area contributed by atoms with Crippen LogP contribution in [0.4, 0.5) is 0 Å². The largest absolute Gasteiger partial charge is 0.345 e. The molecule has 0 aromatic rings. The fourth-order valence-electron chi connectivity index (χ4n) is 2.52. The van der Waals surface area contributed by atoms with Crippen molar-refractivity contribution in [2.75, 3.05) is 13.6 Å². The number of hydrogen-bond acceptors (Lipinski definition) is 2. The molecular weight excluding hydrogens is 212 g/mol. The van der Waals surface area contributed by atoms with Gasteiger partial charge in [0.15, 0.2) is 0 Å². The summed E-state index contributed by atoms with van der Waals surface area (Å²) in [6.45, 7) is 2.79. The van der Waals surface area contributed by atoms with Crippen LogP contribution < -0.4 is 5.73 Å². The van der Waals surface area contributed by atoms with Crippen LogP contribution >= 0.6 is 0 Å². The van der Waals surface area contributed by atoms with Gasteiger partial charge in [-0.2, -0.15) is 0 Å². The fourth-order valence-corrected chi connectivity index (χ4v) is 2.52. The first-order chi connectivity index (χ1) is 8.11. The maximum Gasteiger partial charge on any atom is 0.225 e. The first-order valence-electron chi connectivity index (χ1n) is 7.12. The molecule has 1 amide bonds. The molecule has 1 unspecified atom stereocenters. The summed E-state index contributed by atoms with van der Waals surface area (Å²) in [4.78, 5) is 14.1. The predicted molar refractivity (Wildman–Crippen MR) is 71.7 cm³/mol. The number of nitrogens with two attached hydrogens (primary N) is 1. The summed E-state index contributed by atoms with van der Waals surface area (Å²) in [5.74, 6) is 0.612. The van der Waals surface area contributed by atoms with E-state index in [0.717, 1.165) is 25.8 Å². The van der Waals surface area contributed by atoms with Crippen LogP contribution in [0, 0.1) is 5.92 Å². The van der Waals surface area contributed by atoms with Gasteiger partial charge in [-0.05, 0) is 26.2 Å². The van der Waals surface area contributed by atoms with E-state index < -0.39 is 0 Å². The molecule has 1 saturated carbocycles. The highest BCUT2D eigenvalue weighted by molar-refractivity contribution is 5.78. The lowest BCUT2D eigenvalue weighted by atomic mass is 9.90. The second-order valence-electron chi connectivity index (χ2n) is 5.57. The van der Waals surface area contributed by atoms with Gasteiger partial charge in [0.25, 0.3) is 0 Å². The number of nitrogens with zero attached hydrogens (tertiary/aromatic N) is 1. The molecular formula is C14H28N2O. The van der Waals surface area contributed by atoms with Gasteiger partial charge in [-0.3, -0.25) is 4.79 Å². The Morgan fingerprint density at radius 2 is 1.76 bits per heavy atom. The van der Waals surface area contributed by atoms with E-state index in [0.29, 0.717) is 5.91 Å². The molecule has 1 fully saturated rings. The summed E-state index contributed by atoms with van der Waals surface area (Å²) in [5.41, 5.74) is 5.73. The SMILES string of the molecule is CC(N)CCN(C)C(=O)C1CCCCCCC1. The van der Waals surface area contributed by atoms with Crippen LogP contribution in [-0.2, 0) is 4.79 Å². The van der Waals surface area contributed by atoms with Crippen molar-refractivity contribution in [2.45, 2.75) is 64.3 Å². The minimum absolute atomic E-state index is 0.183. The van der Waals surface area contributed by atoms with Crippen LogP contribution in [0.2, 0.25) is 0 Å². The van der Waals surface area contributed by atoms with E-state index in [-0.39, 0.29) is 12.0 Å². The summed E-state index contributed by atoms with van der Waals surface area (Å²) in [5, 5.41) is 0. The second-order valence-corrected chi connectivity index (χ2v) is 5.57. The Morgan fingerprint density at radius 1 is 1.24 bits per heavy atom. The smallest absolute Gasteiger partial charge is 0.225 e. The molecule has 0 aliphatic heterocycles. The third-order valence-electron chi connectivity index (χ3n) is 3.75. The lowest BCUT2D eigenvalue weighted by Gasteiger charge is -2.25. The van der Waals surface area contributed by atoms with Gasteiger partial charge in [-0.1, -0.05) is 32.1 Å². The number of carbonyl (C=O) groups is 1. The van der Waals surface area contributed by atoms with E-state index in [1.165, 1.54) is 32.1 Å². The maximum atomic E-state index is 12.3. The standard InChI is InChI=1S/C14H28N2O/c1-12(15)10-11-16(2)14(17)13-8-6-4-3-5-7-9-13/h12-13H,3-11,15H2,1-2H3. The summed E-state index contributed by atoms with van der Waals surface area (Å²) < 4.78 is 0. The molecule has 0 bridgehead atoms. The van der Waals surface area contributed by atoms with Crippen LogP contribution in [0.5, 0.6) is 0 Å². The van der Waals surface area contributed by atoms with Crippen LogP contribution in [-0.4, -0.2) is 30.4 Å². The highest BCUT2D eigenvalue weighted by Crippen LogP contribution is 2.23. The number of amides is 1. The topological polar surface area (TPSA) is 46.3 Å². The van der Waals surface area contributed by atoms with Gasteiger partial charge in [0, 0.05) is 25.6 Å². The van der Waals surface area contributed by atoms with Crippen LogP contribution in [0.1, 0.15) is 58.3 Å². The monoisotopic (exact) mass is 240 g/mol. The highest BCUT2D eigenvalue weighted by atomic mass is 16.2.